The van der Waals surface area contributed by atoms with E-state index in [1.165, 1.54) is 6.07 Å². The van der Waals surface area contributed by atoms with Crippen LogP contribution in [0.3, 0.4) is 0 Å². The summed E-state index contributed by atoms with van der Waals surface area (Å²) < 4.78 is 1.64. The van der Waals surface area contributed by atoms with Gasteiger partial charge in [0.15, 0.2) is 0 Å². The van der Waals surface area contributed by atoms with Gasteiger partial charge in [0.2, 0.25) is 0 Å². The molecule has 5 rings (SSSR count). The number of pyridine rings is 2. The van der Waals surface area contributed by atoms with Crippen molar-refractivity contribution in [3.63, 3.8) is 0 Å². The molecule has 0 atom stereocenters. The van der Waals surface area contributed by atoms with Crippen molar-refractivity contribution in [2.45, 2.75) is 19.9 Å². The summed E-state index contributed by atoms with van der Waals surface area (Å²) in [7, 11) is 0. The van der Waals surface area contributed by atoms with Gasteiger partial charge in [-0.3, -0.25) is 19.4 Å². The predicted octanol–water partition coefficient (Wildman–Crippen LogP) is 2.17. The summed E-state index contributed by atoms with van der Waals surface area (Å²) in [6.07, 6.45) is 3.88. The van der Waals surface area contributed by atoms with Crippen LogP contribution in [0.5, 0.6) is 0 Å². The van der Waals surface area contributed by atoms with Gasteiger partial charge in [-0.25, -0.2) is 0 Å². The summed E-state index contributed by atoms with van der Waals surface area (Å²) >= 11 is 0. The molecule has 0 unspecified atom stereocenters. The van der Waals surface area contributed by atoms with Crippen molar-refractivity contribution < 1.29 is 9.59 Å². The van der Waals surface area contributed by atoms with Crippen molar-refractivity contribution >= 4 is 29.2 Å². The van der Waals surface area contributed by atoms with Gasteiger partial charge in [0.1, 0.15) is 0 Å². The van der Waals surface area contributed by atoms with Crippen LogP contribution in [0, 0.1) is 6.92 Å². The summed E-state index contributed by atoms with van der Waals surface area (Å²) in [5.41, 5.74) is 4.74. The zero-order valence-electron chi connectivity index (χ0n) is 16.3. The standard InChI is InChI=1S/C22H19N5O3/c1-12-8-15-16(25-12)10-14-13-9-17(24-11-18(13)26-22(14)30)19-4-2-5-20(28)27(19)7-3-6-23-21(15)29/h2,4-5,8-11,25H,3,6-7H2,1H3,(H,23,29)(H,26,30)/b14-10-. The Morgan fingerprint density at radius 2 is 1.93 bits per heavy atom. The van der Waals surface area contributed by atoms with E-state index >= 15 is 0 Å². The van der Waals surface area contributed by atoms with Crippen molar-refractivity contribution in [2.75, 3.05) is 11.9 Å². The SMILES string of the molecule is Cc1cc2c([nH]1)/C=C1\C(=O)Nc3cnc(cc31)-c1cccc(=O)n1CCCNC2=O. The van der Waals surface area contributed by atoms with Crippen molar-refractivity contribution in [1.82, 2.24) is 19.9 Å². The predicted molar refractivity (Wildman–Crippen MR) is 113 cm³/mol. The Morgan fingerprint density at radius 1 is 1.07 bits per heavy atom. The number of hydrogen-bond acceptors (Lipinski definition) is 4. The summed E-state index contributed by atoms with van der Waals surface area (Å²) in [5, 5.41) is 5.72. The molecule has 0 aromatic carbocycles. The van der Waals surface area contributed by atoms with E-state index < -0.39 is 0 Å². The molecule has 2 aliphatic rings. The van der Waals surface area contributed by atoms with Crippen LogP contribution >= 0.6 is 0 Å². The van der Waals surface area contributed by atoms with Crippen molar-refractivity contribution in [3.8, 4) is 11.4 Å². The van der Waals surface area contributed by atoms with E-state index in [1.54, 1.807) is 29.0 Å². The fraction of sp³-hybridized carbons (Fsp3) is 0.182. The third-order valence-corrected chi connectivity index (χ3v) is 5.36. The van der Waals surface area contributed by atoms with Crippen LogP contribution in [0.25, 0.3) is 23.0 Å². The first kappa shape index (κ1) is 18.1. The molecule has 0 radical (unpaired) electrons. The number of carbonyl (C=O) groups is 2. The van der Waals surface area contributed by atoms with Crippen LogP contribution in [0.4, 0.5) is 5.69 Å². The first-order valence-electron chi connectivity index (χ1n) is 9.73. The number of H-pyrrole nitrogens is 1. The Hall–Kier alpha value is -3.94. The fourth-order valence-electron chi connectivity index (χ4n) is 3.94. The van der Waals surface area contributed by atoms with E-state index in [0.717, 1.165) is 5.69 Å². The minimum atomic E-state index is -0.264. The molecule has 2 aliphatic heterocycles. The van der Waals surface area contributed by atoms with Gasteiger partial charge in [0, 0.05) is 30.4 Å². The molecule has 0 spiro atoms. The number of aromatic amines is 1. The van der Waals surface area contributed by atoms with Gasteiger partial charge in [-0.2, -0.15) is 0 Å². The van der Waals surface area contributed by atoms with Crippen molar-refractivity contribution in [3.05, 3.63) is 69.4 Å². The summed E-state index contributed by atoms with van der Waals surface area (Å²) in [4.78, 5) is 45.5. The van der Waals surface area contributed by atoms with Crippen LogP contribution in [0.2, 0.25) is 0 Å². The third kappa shape index (κ3) is 2.93. The normalized spacial score (nSPS) is 17.2. The minimum Gasteiger partial charge on any atom is -0.358 e. The molecule has 5 heterocycles. The maximum Gasteiger partial charge on any atom is 0.256 e. The molecule has 8 heteroatoms. The highest BCUT2D eigenvalue weighted by Crippen LogP contribution is 2.35. The maximum absolute atomic E-state index is 12.7. The number of aryl methyl sites for hydroxylation is 1. The van der Waals surface area contributed by atoms with Gasteiger partial charge in [-0.05, 0) is 37.6 Å². The lowest BCUT2D eigenvalue weighted by atomic mass is 10.0. The van der Waals surface area contributed by atoms with E-state index in [9.17, 15) is 14.4 Å². The number of nitrogens with zero attached hydrogens (tertiary/aromatic N) is 2. The first-order chi connectivity index (χ1) is 14.5. The summed E-state index contributed by atoms with van der Waals surface area (Å²) in [5.74, 6) is -0.488. The molecule has 30 heavy (non-hydrogen) atoms. The molecule has 2 amide bonds. The maximum atomic E-state index is 12.7. The zero-order chi connectivity index (χ0) is 20.8. The lowest BCUT2D eigenvalue weighted by Crippen LogP contribution is -2.27. The first-order valence-corrected chi connectivity index (χ1v) is 9.73. The number of fused-ring (bicyclic) bond motifs is 4. The molecular weight excluding hydrogens is 382 g/mol. The monoisotopic (exact) mass is 401 g/mol. The van der Waals surface area contributed by atoms with Gasteiger partial charge in [0.25, 0.3) is 17.4 Å². The highest BCUT2D eigenvalue weighted by molar-refractivity contribution is 6.35. The van der Waals surface area contributed by atoms with E-state index in [2.05, 4.69) is 20.6 Å². The molecule has 0 aliphatic carbocycles. The quantitative estimate of drug-likeness (QED) is 0.536. The van der Waals surface area contributed by atoms with Crippen LogP contribution in [-0.2, 0) is 11.3 Å². The van der Waals surface area contributed by atoms with Gasteiger partial charge >= 0.3 is 0 Å². The van der Waals surface area contributed by atoms with E-state index in [0.29, 0.717) is 59.0 Å². The van der Waals surface area contributed by atoms with E-state index in [-0.39, 0.29) is 17.4 Å². The van der Waals surface area contributed by atoms with Gasteiger partial charge in [-0.1, -0.05) is 6.07 Å². The molecule has 0 saturated heterocycles. The highest BCUT2D eigenvalue weighted by atomic mass is 16.2. The Morgan fingerprint density at radius 3 is 2.80 bits per heavy atom. The van der Waals surface area contributed by atoms with Crippen LogP contribution in [0.1, 0.15) is 33.7 Å². The molecule has 0 saturated carbocycles. The second-order valence-corrected chi connectivity index (χ2v) is 7.42. The number of aromatic nitrogens is 3. The number of amides is 2. The van der Waals surface area contributed by atoms with Crippen molar-refractivity contribution in [1.29, 1.82) is 0 Å². The van der Waals surface area contributed by atoms with Gasteiger partial charge in [-0.15, -0.1) is 0 Å². The lowest BCUT2D eigenvalue weighted by Gasteiger charge is -2.14. The highest BCUT2D eigenvalue weighted by Gasteiger charge is 2.27. The minimum absolute atomic E-state index is 0.137. The molecule has 3 N–H and O–H groups in total. The van der Waals surface area contributed by atoms with E-state index in [4.69, 9.17) is 0 Å². The van der Waals surface area contributed by atoms with Crippen LogP contribution in [-0.4, -0.2) is 32.9 Å². The molecule has 3 aromatic rings. The Kier molecular flexibility index (Phi) is 4.13. The number of nitrogens with one attached hydrogen (secondary N) is 3. The Balaban J connectivity index is 1.75. The number of anilines is 1. The molecule has 150 valence electrons. The van der Waals surface area contributed by atoms with E-state index in [1.807, 2.05) is 19.1 Å². The fourth-order valence-corrected chi connectivity index (χ4v) is 3.94. The molecule has 3 aromatic heterocycles. The molecule has 8 nitrogen and oxygen atoms in total. The average molecular weight is 401 g/mol. The number of carbonyl (C=O) groups excluding carboxylic acids is 2. The topological polar surface area (TPSA) is 109 Å². The van der Waals surface area contributed by atoms with Crippen LogP contribution in [0.15, 0.2) is 41.3 Å². The summed E-state index contributed by atoms with van der Waals surface area (Å²) in [6, 6.07) is 8.61. The number of rotatable bonds is 0. The van der Waals surface area contributed by atoms with Crippen molar-refractivity contribution in [2.24, 2.45) is 0 Å². The largest absolute Gasteiger partial charge is 0.358 e. The smallest absolute Gasteiger partial charge is 0.256 e. The van der Waals surface area contributed by atoms with Crippen LogP contribution < -0.4 is 16.2 Å². The average Bonchev–Trinajstić information content (AvgIpc) is 3.24. The molecule has 0 fully saturated rings. The lowest BCUT2D eigenvalue weighted by molar-refractivity contribution is -0.110. The second-order valence-electron chi connectivity index (χ2n) is 7.42. The Bertz CT molecular complexity index is 1300. The van der Waals surface area contributed by atoms with Gasteiger partial charge < -0.3 is 20.2 Å². The molecule has 2 bridgehead atoms. The second kappa shape index (κ2) is 6.84. The zero-order valence-corrected chi connectivity index (χ0v) is 16.3. The summed E-state index contributed by atoms with van der Waals surface area (Å²) in [6.45, 7) is 2.71. The third-order valence-electron chi connectivity index (χ3n) is 5.36. The molecular formula is C22H19N5O3. The number of hydrogen-bond donors (Lipinski definition) is 3. The van der Waals surface area contributed by atoms with Gasteiger partial charge in [0.05, 0.1) is 40.1 Å². The Labute approximate surface area is 171 Å².